The Morgan fingerprint density at radius 2 is 1.50 bits per heavy atom. The van der Waals surface area contributed by atoms with Gasteiger partial charge >= 0.3 is 5.97 Å². The minimum absolute atomic E-state index is 0.0141. The number of fused-ring (bicyclic) bond motifs is 1. The van der Waals surface area contributed by atoms with Crippen molar-refractivity contribution in [2.45, 2.75) is 12.5 Å². The topological polar surface area (TPSA) is 72.9 Å². The van der Waals surface area contributed by atoms with Crippen LogP contribution in [0.1, 0.15) is 26.3 Å². The Hall–Kier alpha value is -3.45. The number of ether oxygens (including phenoxy) is 2. The number of halogens is 1. The SMILES string of the molecule is O=C(OCCOc1cccc(Br)c1)C(Cc1ccccc1)N1C(=O)c2ccccc2C1=O. The third-order valence-electron chi connectivity index (χ3n) is 5.07. The third-order valence-corrected chi connectivity index (χ3v) is 5.57. The summed E-state index contributed by atoms with van der Waals surface area (Å²) >= 11 is 3.37. The van der Waals surface area contributed by atoms with E-state index in [1.165, 1.54) is 0 Å². The van der Waals surface area contributed by atoms with E-state index in [1.807, 2.05) is 42.5 Å². The number of esters is 1. The van der Waals surface area contributed by atoms with E-state index >= 15 is 0 Å². The van der Waals surface area contributed by atoms with Crippen LogP contribution >= 0.6 is 15.9 Å². The van der Waals surface area contributed by atoms with Crippen molar-refractivity contribution in [3.05, 3.63) is 100 Å². The molecule has 0 bridgehead atoms. The maximum atomic E-state index is 13.0. The number of hydrogen-bond donors (Lipinski definition) is 0. The second-order valence-electron chi connectivity index (χ2n) is 7.20. The number of benzene rings is 3. The minimum Gasteiger partial charge on any atom is -0.490 e. The van der Waals surface area contributed by atoms with Crippen LogP contribution in [0.15, 0.2) is 83.3 Å². The standard InChI is InChI=1S/C25H20BrNO5/c26-18-9-6-10-19(16-18)31-13-14-32-25(30)22(15-17-7-2-1-3-8-17)27-23(28)20-11-4-5-12-21(20)24(27)29/h1-12,16,22H,13-15H2. The fourth-order valence-electron chi connectivity index (χ4n) is 3.56. The maximum Gasteiger partial charge on any atom is 0.329 e. The Kier molecular flexibility index (Phi) is 6.66. The van der Waals surface area contributed by atoms with Crippen molar-refractivity contribution in [1.29, 1.82) is 0 Å². The lowest BCUT2D eigenvalue weighted by atomic mass is 10.0. The normalized spacial score (nSPS) is 13.6. The monoisotopic (exact) mass is 493 g/mol. The summed E-state index contributed by atoms with van der Waals surface area (Å²) in [5.41, 5.74) is 1.40. The summed E-state index contributed by atoms with van der Waals surface area (Å²) in [5, 5.41) is 0. The van der Waals surface area contributed by atoms with Crippen molar-refractivity contribution >= 4 is 33.7 Å². The molecule has 162 valence electrons. The number of imide groups is 1. The Morgan fingerprint density at radius 1 is 0.844 bits per heavy atom. The highest BCUT2D eigenvalue weighted by Gasteiger charge is 2.43. The van der Waals surface area contributed by atoms with E-state index < -0.39 is 23.8 Å². The lowest BCUT2D eigenvalue weighted by molar-refractivity contribution is -0.149. The van der Waals surface area contributed by atoms with E-state index in [4.69, 9.17) is 9.47 Å². The molecule has 3 aromatic carbocycles. The van der Waals surface area contributed by atoms with Crippen molar-refractivity contribution in [1.82, 2.24) is 4.90 Å². The molecule has 0 saturated carbocycles. The summed E-state index contributed by atoms with van der Waals surface area (Å²) in [6.45, 7) is 0.127. The molecular weight excluding hydrogens is 474 g/mol. The first-order valence-electron chi connectivity index (χ1n) is 10.1. The highest BCUT2D eigenvalue weighted by Crippen LogP contribution is 2.26. The molecule has 2 amide bonds. The Balaban J connectivity index is 1.48. The van der Waals surface area contributed by atoms with Crippen LogP contribution in [0.5, 0.6) is 5.75 Å². The van der Waals surface area contributed by atoms with Crippen LogP contribution in [0, 0.1) is 0 Å². The van der Waals surface area contributed by atoms with E-state index in [1.54, 1.807) is 36.4 Å². The van der Waals surface area contributed by atoms with Crippen LogP contribution in [-0.4, -0.2) is 41.9 Å². The van der Waals surface area contributed by atoms with Crippen LogP contribution in [0.4, 0.5) is 0 Å². The quantitative estimate of drug-likeness (QED) is 0.266. The molecule has 32 heavy (non-hydrogen) atoms. The van der Waals surface area contributed by atoms with Gasteiger partial charge in [0, 0.05) is 10.9 Å². The zero-order chi connectivity index (χ0) is 22.5. The smallest absolute Gasteiger partial charge is 0.329 e. The van der Waals surface area contributed by atoms with E-state index in [2.05, 4.69) is 15.9 Å². The van der Waals surface area contributed by atoms with Gasteiger partial charge < -0.3 is 9.47 Å². The molecule has 7 heteroatoms. The third kappa shape index (κ3) is 4.73. The molecular formula is C25H20BrNO5. The minimum atomic E-state index is -1.07. The fraction of sp³-hybridized carbons (Fsp3) is 0.160. The molecule has 0 radical (unpaired) electrons. The van der Waals surface area contributed by atoms with Gasteiger partial charge in [-0.3, -0.25) is 14.5 Å². The van der Waals surface area contributed by atoms with Gasteiger partial charge in [0.05, 0.1) is 11.1 Å². The molecule has 1 unspecified atom stereocenters. The number of hydrogen-bond acceptors (Lipinski definition) is 5. The van der Waals surface area contributed by atoms with Crippen LogP contribution in [0.25, 0.3) is 0 Å². The summed E-state index contributed by atoms with van der Waals surface area (Å²) in [7, 11) is 0. The summed E-state index contributed by atoms with van der Waals surface area (Å²) < 4.78 is 11.9. The first-order chi connectivity index (χ1) is 15.5. The Labute approximate surface area is 193 Å². The number of amides is 2. The molecule has 0 spiro atoms. The van der Waals surface area contributed by atoms with Gasteiger partial charge in [-0.1, -0.05) is 64.5 Å². The summed E-state index contributed by atoms with van der Waals surface area (Å²) in [5.74, 6) is -0.999. The van der Waals surface area contributed by atoms with Gasteiger partial charge in [0.2, 0.25) is 0 Å². The van der Waals surface area contributed by atoms with Gasteiger partial charge in [-0.2, -0.15) is 0 Å². The van der Waals surface area contributed by atoms with Gasteiger partial charge in [0.15, 0.2) is 0 Å². The lowest BCUT2D eigenvalue weighted by Gasteiger charge is -2.24. The zero-order valence-corrected chi connectivity index (χ0v) is 18.7. The Morgan fingerprint density at radius 3 is 2.16 bits per heavy atom. The molecule has 0 N–H and O–H groups in total. The number of carbonyl (C=O) groups excluding carboxylic acids is 3. The molecule has 0 fully saturated rings. The predicted octanol–water partition coefficient (Wildman–Crippen LogP) is 4.28. The number of carbonyl (C=O) groups is 3. The summed E-state index contributed by atoms with van der Waals surface area (Å²) in [4.78, 5) is 39.9. The zero-order valence-electron chi connectivity index (χ0n) is 17.1. The molecule has 1 heterocycles. The highest BCUT2D eigenvalue weighted by atomic mass is 79.9. The van der Waals surface area contributed by atoms with Gasteiger partial charge in [-0.15, -0.1) is 0 Å². The second-order valence-corrected chi connectivity index (χ2v) is 8.12. The van der Waals surface area contributed by atoms with Crippen molar-refractivity contribution in [3.8, 4) is 5.75 Å². The van der Waals surface area contributed by atoms with Gasteiger partial charge in [0.1, 0.15) is 25.0 Å². The molecule has 1 aliphatic heterocycles. The van der Waals surface area contributed by atoms with Crippen LogP contribution in [0.3, 0.4) is 0 Å². The fourth-order valence-corrected chi connectivity index (χ4v) is 3.94. The first kappa shape index (κ1) is 21.8. The van der Waals surface area contributed by atoms with Crippen molar-refractivity contribution < 1.29 is 23.9 Å². The van der Waals surface area contributed by atoms with Crippen molar-refractivity contribution in [3.63, 3.8) is 0 Å². The summed E-state index contributed by atoms with van der Waals surface area (Å²) in [6, 6.07) is 22.0. The first-order valence-corrected chi connectivity index (χ1v) is 10.9. The molecule has 3 aromatic rings. The molecule has 0 aromatic heterocycles. The van der Waals surface area contributed by atoms with E-state index in [0.29, 0.717) is 16.9 Å². The highest BCUT2D eigenvalue weighted by molar-refractivity contribution is 9.10. The van der Waals surface area contributed by atoms with Crippen LogP contribution in [-0.2, 0) is 16.0 Å². The average molecular weight is 494 g/mol. The van der Waals surface area contributed by atoms with E-state index in [0.717, 1.165) is 14.9 Å². The molecule has 0 saturated heterocycles. The molecule has 1 aliphatic rings. The average Bonchev–Trinajstić information content (AvgIpc) is 3.06. The van der Waals surface area contributed by atoms with Crippen LogP contribution in [0.2, 0.25) is 0 Å². The summed E-state index contributed by atoms with van der Waals surface area (Å²) in [6.07, 6.45) is 0.164. The van der Waals surface area contributed by atoms with Crippen molar-refractivity contribution in [2.75, 3.05) is 13.2 Å². The van der Waals surface area contributed by atoms with Gasteiger partial charge in [-0.05, 0) is 35.9 Å². The molecule has 1 atom stereocenters. The second kappa shape index (κ2) is 9.78. The molecule has 4 rings (SSSR count). The number of rotatable bonds is 8. The van der Waals surface area contributed by atoms with Crippen LogP contribution < -0.4 is 4.74 Å². The van der Waals surface area contributed by atoms with E-state index in [9.17, 15) is 14.4 Å². The Bertz CT molecular complexity index is 1110. The molecule has 0 aliphatic carbocycles. The van der Waals surface area contributed by atoms with Gasteiger partial charge in [0.25, 0.3) is 11.8 Å². The maximum absolute atomic E-state index is 13.0. The van der Waals surface area contributed by atoms with Crippen molar-refractivity contribution in [2.24, 2.45) is 0 Å². The lowest BCUT2D eigenvalue weighted by Crippen LogP contribution is -2.47. The number of nitrogens with zero attached hydrogens (tertiary/aromatic N) is 1. The van der Waals surface area contributed by atoms with E-state index in [-0.39, 0.29) is 19.6 Å². The van der Waals surface area contributed by atoms with Gasteiger partial charge in [-0.25, -0.2) is 4.79 Å². The largest absolute Gasteiger partial charge is 0.490 e. The predicted molar refractivity (Wildman–Crippen MR) is 121 cm³/mol. The molecule has 6 nitrogen and oxygen atoms in total.